The first-order chi connectivity index (χ1) is 18.3. The number of H-pyrrole nitrogens is 1. The number of methoxy groups -OCH3 is 1. The van der Waals surface area contributed by atoms with Crippen molar-refractivity contribution in [2.24, 2.45) is 4.99 Å². The highest BCUT2D eigenvalue weighted by Gasteiger charge is 2.30. The van der Waals surface area contributed by atoms with Crippen LogP contribution < -0.4 is 10.1 Å². The van der Waals surface area contributed by atoms with Crippen molar-refractivity contribution in [3.05, 3.63) is 113 Å². The molecule has 2 N–H and O–H groups in total. The molecule has 4 aromatic rings. The van der Waals surface area contributed by atoms with Crippen molar-refractivity contribution in [3.63, 3.8) is 0 Å². The van der Waals surface area contributed by atoms with Gasteiger partial charge in [-0.3, -0.25) is 9.79 Å². The van der Waals surface area contributed by atoms with Crippen LogP contribution in [0, 0.1) is 0 Å². The summed E-state index contributed by atoms with van der Waals surface area (Å²) in [5.74, 6) is 0.437. The highest BCUT2D eigenvalue weighted by atomic mass is 19.4. The lowest BCUT2D eigenvalue weighted by Crippen LogP contribution is -2.24. The number of carbonyl (C=O) groups excluding carboxylic acids is 1. The largest absolute Gasteiger partial charge is 0.497 e. The topological polar surface area (TPSA) is 66.5 Å². The van der Waals surface area contributed by atoms with Crippen LogP contribution in [0.2, 0.25) is 0 Å². The Hall–Kier alpha value is -4.59. The van der Waals surface area contributed by atoms with Crippen LogP contribution in [0.5, 0.6) is 5.75 Å². The van der Waals surface area contributed by atoms with E-state index in [2.05, 4.69) is 21.9 Å². The zero-order valence-corrected chi connectivity index (χ0v) is 20.7. The van der Waals surface area contributed by atoms with Gasteiger partial charge in [-0.25, -0.2) is 0 Å². The minimum absolute atomic E-state index is 0.213. The molecule has 0 aliphatic rings. The van der Waals surface area contributed by atoms with Crippen LogP contribution in [0.1, 0.15) is 27.9 Å². The Morgan fingerprint density at radius 3 is 2.42 bits per heavy atom. The standard InChI is InChI=1S/C30H26F3N3O2/c1-3-24-25-6-4-5-7-26(25)36-29(24)28(21-11-13-22(14-12-21)30(31,32)33)35-19-18-34-27(37)17-10-20-8-15-23(38-2)16-9-20/h3-17,36H,1,18-19H2,2H3,(H,34,37)/b17-10+,35-28?. The number of aromatic nitrogens is 1. The maximum absolute atomic E-state index is 13.1. The van der Waals surface area contributed by atoms with Gasteiger partial charge in [-0.1, -0.05) is 55.1 Å². The Balaban J connectivity index is 1.54. The van der Waals surface area contributed by atoms with Gasteiger partial charge in [-0.2, -0.15) is 13.2 Å². The molecule has 0 fully saturated rings. The van der Waals surface area contributed by atoms with Crippen LogP contribution in [-0.4, -0.2) is 36.8 Å². The van der Waals surface area contributed by atoms with Gasteiger partial charge in [0.25, 0.3) is 0 Å². The number of benzene rings is 3. The molecular weight excluding hydrogens is 491 g/mol. The van der Waals surface area contributed by atoms with Crippen molar-refractivity contribution in [2.75, 3.05) is 20.2 Å². The number of ether oxygens (including phenoxy) is 1. The minimum atomic E-state index is -4.44. The molecule has 0 aliphatic carbocycles. The lowest BCUT2D eigenvalue weighted by Gasteiger charge is -2.11. The lowest BCUT2D eigenvalue weighted by molar-refractivity contribution is -0.137. The molecule has 38 heavy (non-hydrogen) atoms. The van der Waals surface area contributed by atoms with Crippen LogP contribution in [0.25, 0.3) is 23.1 Å². The maximum atomic E-state index is 13.1. The molecular formula is C30H26F3N3O2. The predicted octanol–water partition coefficient (Wildman–Crippen LogP) is 6.51. The summed E-state index contributed by atoms with van der Waals surface area (Å²) in [6, 6.07) is 19.8. The van der Waals surface area contributed by atoms with Gasteiger partial charge in [-0.05, 0) is 42.0 Å². The summed E-state index contributed by atoms with van der Waals surface area (Å²) in [6.07, 6.45) is 0.370. The first-order valence-electron chi connectivity index (χ1n) is 11.9. The Morgan fingerprint density at radius 2 is 1.76 bits per heavy atom. The Kier molecular flexibility index (Phi) is 8.11. The molecule has 3 aromatic carbocycles. The van der Waals surface area contributed by atoms with Gasteiger partial charge >= 0.3 is 6.18 Å². The van der Waals surface area contributed by atoms with E-state index in [9.17, 15) is 18.0 Å². The number of alkyl halides is 3. The number of fused-ring (bicyclic) bond motifs is 1. The summed E-state index contributed by atoms with van der Waals surface area (Å²) < 4.78 is 44.5. The quantitative estimate of drug-likeness (QED) is 0.151. The number of hydrogen-bond acceptors (Lipinski definition) is 3. The number of hydrogen-bond donors (Lipinski definition) is 2. The van der Waals surface area contributed by atoms with Gasteiger partial charge in [0.05, 0.1) is 30.6 Å². The molecule has 8 heteroatoms. The Morgan fingerprint density at radius 1 is 1.05 bits per heavy atom. The van der Waals surface area contributed by atoms with Crippen LogP contribution in [-0.2, 0) is 11.0 Å². The molecule has 0 aliphatic heterocycles. The van der Waals surface area contributed by atoms with E-state index in [-0.39, 0.29) is 19.0 Å². The lowest BCUT2D eigenvalue weighted by atomic mass is 10.0. The van der Waals surface area contributed by atoms with Crippen molar-refractivity contribution in [1.29, 1.82) is 0 Å². The molecule has 0 atom stereocenters. The second-order valence-corrected chi connectivity index (χ2v) is 8.37. The van der Waals surface area contributed by atoms with E-state index >= 15 is 0 Å². The smallest absolute Gasteiger partial charge is 0.416 e. The molecule has 0 bridgehead atoms. The van der Waals surface area contributed by atoms with Crippen LogP contribution in [0.3, 0.4) is 0 Å². The first-order valence-corrected chi connectivity index (χ1v) is 11.9. The molecule has 5 nitrogen and oxygen atoms in total. The maximum Gasteiger partial charge on any atom is 0.416 e. The van der Waals surface area contributed by atoms with E-state index in [1.807, 2.05) is 36.4 Å². The third kappa shape index (κ3) is 6.21. The second kappa shape index (κ2) is 11.6. The van der Waals surface area contributed by atoms with Gasteiger partial charge in [0, 0.05) is 34.7 Å². The van der Waals surface area contributed by atoms with Gasteiger partial charge in [0.1, 0.15) is 5.75 Å². The fourth-order valence-corrected chi connectivity index (χ4v) is 3.99. The predicted molar refractivity (Wildman–Crippen MR) is 145 cm³/mol. The highest BCUT2D eigenvalue weighted by Crippen LogP contribution is 2.30. The number of rotatable bonds is 9. The molecule has 4 rings (SSSR count). The number of aliphatic imine (C=N–C) groups is 1. The molecule has 0 saturated heterocycles. The zero-order chi connectivity index (χ0) is 27.1. The van der Waals surface area contributed by atoms with Crippen LogP contribution >= 0.6 is 0 Å². The van der Waals surface area contributed by atoms with E-state index in [1.165, 1.54) is 18.2 Å². The SMILES string of the molecule is C=Cc1c(C(=NCCNC(=O)/C=C/c2ccc(OC)cc2)c2ccc(C(F)(F)F)cc2)[nH]c2ccccc12. The van der Waals surface area contributed by atoms with E-state index in [0.29, 0.717) is 17.0 Å². The minimum Gasteiger partial charge on any atom is -0.497 e. The molecule has 0 saturated carbocycles. The van der Waals surface area contributed by atoms with Crippen LogP contribution in [0.15, 0.2) is 90.4 Å². The number of nitrogens with zero attached hydrogens (tertiary/aromatic N) is 1. The number of halogens is 3. The van der Waals surface area contributed by atoms with E-state index in [0.717, 1.165) is 39.9 Å². The summed E-state index contributed by atoms with van der Waals surface area (Å²) >= 11 is 0. The highest BCUT2D eigenvalue weighted by molar-refractivity contribution is 6.16. The third-order valence-corrected chi connectivity index (χ3v) is 5.90. The van der Waals surface area contributed by atoms with Gasteiger partial charge in [0.2, 0.25) is 5.91 Å². The number of para-hydroxylation sites is 1. The van der Waals surface area contributed by atoms with Gasteiger partial charge in [0.15, 0.2) is 0 Å². The summed E-state index contributed by atoms with van der Waals surface area (Å²) in [6.45, 7) is 4.36. The summed E-state index contributed by atoms with van der Waals surface area (Å²) in [5.41, 5.74) is 3.40. The van der Waals surface area contributed by atoms with E-state index < -0.39 is 11.7 Å². The van der Waals surface area contributed by atoms with Crippen molar-refractivity contribution < 1.29 is 22.7 Å². The molecule has 0 radical (unpaired) electrons. The van der Waals surface area contributed by atoms with E-state index in [1.54, 1.807) is 31.4 Å². The second-order valence-electron chi connectivity index (χ2n) is 8.37. The average Bonchev–Trinajstić information content (AvgIpc) is 3.30. The fraction of sp³-hybridized carbons (Fsp3) is 0.133. The molecule has 194 valence electrons. The first kappa shape index (κ1) is 26.5. The normalized spacial score (nSPS) is 12.2. The number of carbonyl (C=O) groups is 1. The zero-order valence-electron chi connectivity index (χ0n) is 20.7. The Labute approximate surface area is 218 Å². The Bertz CT molecular complexity index is 1480. The van der Waals surface area contributed by atoms with Crippen molar-refractivity contribution in [1.82, 2.24) is 10.3 Å². The summed E-state index contributed by atoms with van der Waals surface area (Å²) in [4.78, 5) is 20.3. The average molecular weight is 518 g/mol. The third-order valence-electron chi connectivity index (χ3n) is 5.90. The molecule has 0 spiro atoms. The van der Waals surface area contributed by atoms with E-state index in [4.69, 9.17) is 4.74 Å². The molecule has 0 unspecified atom stereocenters. The summed E-state index contributed by atoms with van der Waals surface area (Å²) in [7, 11) is 1.58. The van der Waals surface area contributed by atoms with Crippen molar-refractivity contribution in [2.45, 2.75) is 6.18 Å². The van der Waals surface area contributed by atoms with Gasteiger partial charge < -0.3 is 15.0 Å². The molecule has 1 amide bonds. The van der Waals surface area contributed by atoms with Crippen LogP contribution in [0.4, 0.5) is 13.2 Å². The monoisotopic (exact) mass is 517 g/mol. The fourth-order valence-electron chi connectivity index (χ4n) is 3.99. The summed E-state index contributed by atoms with van der Waals surface area (Å²) in [5, 5.41) is 3.71. The molecule has 1 aromatic heterocycles. The van der Waals surface area contributed by atoms with Crippen molar-refractivity contribution in [3.8, 4) is 5.75 Å². The van der Waals surface area contributed by atoms with Gasteiger partial charge in [-0.15, -0.1) is 0 Å². The number of amides is 1. The number of aromatic amines is 1. The number of nitrogens with one attached hydrogen (secondary N) is 2. The molecule has 1 heterocycles. The van der Waals surface area contributed by atoms with Crippen molar-refractivity contribution >= 4 is 34.7 Å².